The van der Waals surface area contributed by atoms with E-state index in [1.54, 1.807) is 4.68 Å². The average Bonchev–Trinajstić information content (AvgIpc) is 2.86. The van der Waals surface area contributed by atoms with Crippen LogP contribution in [0.3, 0.4) is 0 Å². The van der Waals surface area contributed by atoms with Crippen molar-refractivity contribution < 1.29 is 4.79 Å². The summed E-state index contributed by atoms with van der Waals surface area (Å²) in [5, 5.41) is 10.8. The van der Waals surface area contributed by atoms with Crippen molar-refractivity contribution in [3.05, 3.63) is 11.9 Å². The molecule has 1 rings (SSSR count). The van der Waals surface area contributed by atoms with Gasteiger partial charge in [0.25, 0.3) is 0 Å². The highest BCUT2D eigenvalue weighted by atomic mass is 16.1. The van der Waals surface area contributed by atoms with Gasteiger partial charge in [0.05, 0.1) is 5.69 Å². The Hall–Kier alpha value is -1.43. The third kappa shape index (κ3) is 7.01. The van der Waals surface area contributed by atoms with Gasteiger partial charge in [0.2, 0.25) is 5.91 Å². The molecule has 0 radical (unpaired) electrons. The second-order valence-corrected chi connectivity index (χ2v) is 3.57. The van der Waals surface area contributed by atoms with Crippen LogP contribution < -0.4 is 11.1 Å². The molecular weight excluding hydrogens is 230 g/mol. The van der Waals surface area contributed by atoms with Gasteiger partial charge in [0.15, 0.2) is 0 Å². The first-order valence-electron chi connectivity index (χ1n) is 6.62. The zero-order valence-electron chi connectivity index (χ0n) is 11.6. The lowest BCUT2D eigenvalue weighted by Gasteiger charge is -2.00. The molecule has 18 heavy (non-hydrogen) atoms. The summed E-state index contributed by atoms with van der Waals surface area (Å²) in [7, 11) is 0. The minimum atomic E-state index is 0.0653. The van der Waals surface area contributed by atoms with Crippen molar-refractivity contribution >= 4 is 5.91 Å². The Morgan fingerprint density at radius 3 is 2.83 bits per heavy atom. The predicted octanol–water partition coefficient (Wildman–Crippen LogP) is 0.722. The Morgan fingerprint density at radius 1 is 1.50 bits per heavy atom. The second-order valence-electron chi connectivity index (χ2n) is 3.57. The summed E-state index contributed by atoms with van der Waals surface area (Å²) in [5.74, 6) is 0.0653. The quantitative estimate of drug-likeness (QED) is 0.752. The Bertz CT molecular complexity index is 324. The molecule has 0 aromatic carbocycles. The number of carbonyl (C=O) groups is 1. The van der Waals surface area contributed by atoms with E-state index in [-0.39, 0.29) is 5.91 Å². The molecule has 0 aliphatic carbocycles. The van der Waals surface area contributed by atoms with Crippen molar-refractivity contribution in [2.24, 2.45) is 5.73 Å². The zero-order valence-corrected chi connectivity index (χ0v) is 11.6. The van der Waals surface area contributed by atoms with Crippen LogP contribution in [0.5, 0.6) is 0 Å². The maximum absolute atomic E-state index is 11.0. The number of amides is 1. The molecule has 6 heteroatoms. The number of nitrogens with one attached hydrogen (secondary N) is 1. The lowest BCUT2D eigenvalue weighted by Crippen LogP contribution is -2.24. The third-order valence-electron chi connectivity index (χ3n) is 2.20. The topological polar surface area (TPSA) is 85.8 Å². The van der Waals surface area contributed by atoms with Crippen molar-refractivity contribution in [1.82, 2.24) is 20.3 Å². The Balaban J connectivity index is 0.00000137. The molecule has 0 aliphatic rings. The fourth-order valence-corrected chi connectivity index (χ4v) is 1.27. The molecule has 1 amide bonds. The first-order valence-corrected chi connectivity index (χ1v) is 6.62. The number of hydrogen-bond donors (Lipinski definition) is 2. The van der Waals surface area contributed by atoms with Crippen LogP contribution >= 0.6 is 0 Å². The number of nitrogens with zero attached hydrogens (tertiary/aromatic N) is 3. The van der Waals surface area contributed by atoms with Crippen LogP contribution in [0.2, 0.25) is 0 Å². The SMILES string of the molecule is CC.CCC(=O)NCCc1cn(CCCN)nn1. The van der Waals surface area contributed by atoms with Crippen LogP contribution in [0.4, 0.5) is 0 Å². The molecular formula is C12H25N5O. The fraction of sp³-hybridized carbons (Fsp3) is 0.750. The van der Waals surface area contributed by atoms with Gasteiger partial charge < -0.3 is 11.1 Å². The van der Waals surface area contributed by atoms with Crippen molar-refractivity contribution in [2.75, 3.05) is 13.1 Å². The predicted molar refractivity (Wildman–Crippen MR) is 72.0 cm³/mol. The van der Waals surface area contributed by atoms with Crippen LogP contribution in [0.15, 0.2) is 6.20 Å². The van der Waals surface area contributed by atoms with E-state index in [0.717, 1.165) is 18.7 Å². The Labute approximate surface area is 109 Å². The van der Waals surface area contributed by atoms with E-state index in [1.165, 1.54) is 0 Å². The molecule has 1 aromatic rings. The van der Waals surface area contributed by atoms with Crippen molar-refractivity contribution in [1.29, 1.82) is 0 Å². The molecule has 6 nitrogen and oxygen atoms in total. The van der Waals surface area contributed by atoms with E-state index < -0.39 is 0 Å². The molecule has 0 unspecified atom stereocenters. The zero-order chi connectivity index (χ0) is 13.8. The van der Waals surface area contributed by atoms with E-state index in [9.17, 15) is 4.79 Å². The number of carbonyl (C=O) groups excluding carboxylic acids is 1. The van der Waals surface area contributed by atoms with Crippen LogP contribution in [-0.2, 0) is 17.8 Å². The molecule has 0 bridgehead atoms. The number of nitrogens with two attached hydrogens (primary N) is 1. The smallest absolute Gasteiger partial charge is 0.219 e. The summed E-state index contributed by atoms with van der Waals surface area (Å²) in [6.45, 7) is 7.90. The Kier molecular flexibility index (Phi) is 9.86. The number of aromatic nitrogens is 3. The summed E-state index contributed by atoms with van der Waals surface area (Å²) in [5.41, 5.74) is 6.30. The van der Waals surface area contributed by atoms with E-state index in [0.29, 0.717) is 25.9 Å². The largest absolute Gasteiger partial charge is 0.356 e. The van der Waals surface area contributed by atoms with E-state index >= 15 is 0 Å². The second kappa shape index (κ2) is 10.7. The van der Waals surface area contributed by atoms with Crippen molar-refractivity contribution in [3.63, 3.8) is 0 Å². The van der Waals surface area contributed by atoms with Gasteiger partial charge in [-0.2, -0.15) is 0 Å². The van der Waals surface area contributed by atoms with E-state index in [2.05, 4.69) is 15.6 Å². The highest BCUT2D eigenvalue weighted by molar-refractivity contribution is 5.75. The summed E-state index contributed by atoms with van der Waals surface area (Å²) < 4.78 is 1.78. The lowest BCUT2D eigenvalue weighted by atomic mass is 10.3. The van der Waals surface area contributed by atoms with Crippen LogP contribution in [0.1, 0.15) is 39.3 Å². The Morgan fingerprint density at radius 2 is 2.22 bits per heavy atom. The van der Waals surface area contributed by atoms with Gasteiger partial charge in [-0.1, -0.05) is 26.0 Å². The minimum absolute atomic E-state index is 0.0653. The number of aryl methyl sites for hydroxylation is 1. The van der Waals surface area contributed by atoms with Gasteiger partial charge in [-0.3, -0.25) is 9.48 Å². The van der Waals surface area contributed by atoms with E-state index in [1.807, 2.05) is 27.0 Å². The first-order chi connectivity index (χ1) is 8.76. The normalized spacial score (nSPS) is 9.56. The highest BCUT2D eigenvalue weighted by Crippen LogP contribution is 1.95. The van der Waals surface area contributed by atoms with Gasteiger partial charge >= 0.3 is 0 Å². The summed E-state index contributed by atoms with van der Waals surface area (Å²) in [6.07, 6.45) is 4.03. The monoisotopic (exact) mass is 255 g/mol. The minimum Gasteiger partial charge on any atom is -0.356 e. The van der Waals surface area contributed by atoms with Gasteiger partial charge in [0.1, 0.15) is 0 Å². The summed E-state index contributed by atoms with van der Waals surface area (Å²) in [6, 6.07) is 0. The van der Waals surface area contributed by atoms with Crippen molar-refractivity contribution in [3.8, 4) is 0 Å². The van der Waals surface area contributed by atoms with Crippen LogP contribution in [-0.4, -0.2) is 34.0 Å². The van der Waals surface area contributed by atoms with E-state index in [4.69, 9.17) is 5.73 Å². The highest BCUT2D eigenvalue weighted by Gasteiger charge is 2.01. The fourth-order valence-electron chi connectivity index (χ4n) is 1.27. The third-order valence-corrected chi connectivity index (χ3v) is 2.20. The molecule has 104 valence electrons. The van der Waals surface area contributed by atoms with Gasteiger partial charge in [-0.05, 0) is 13.0 Å². The molecule has 0 aliphatic heterocycles. The standard InChI is InChI=1S/C10H19N5O.C2H6/c1-2-10(16)12-6-4-9-8-15(14-13-9)7-3-5-11;1-2/h8H,2-7,11H2,1H3,(H,12,16);1-2H3. The average molecular weight is 255 g/mol. The lowest BCUT2D eigenvalue weighted by molar-refractivity contribution is -0.120. The first kappa shape index (κ1) is 16.6. The summed E-state index contributed by atoms with van der Waals surface area (Å²) >= 11 is 0. The molecule has 0 saturated heterocycles. The van der Waals surface area contributed by atoms with Gasteiger partial charge in [-0.15, -0.1) is 5.10 Å². The van der Waals surface area contributed by atoms with Gasteiger partial charge in [-0.25, -0.2) is 0 Å². The van der Waals surface area contributed by atoms with Crippen LogP contribution in [0.25, 0.3) is 0 Å². The summed E-state index contributed by atoms with van der Waals surface area (Å²) in [4.78, 5) is 11.0. The molecule has 1 aromatic heterocycles. The van der Waals surface area contributed by atoms with Crippen molar-refractivity contribution in [2.45, 2.75) is 46.6 Å². The molecule has 0 atom stereocenters. The molecule has 3 N–H and O–H groups in total. The van der Waals surface area contributed by atoms with Crippen LogP contribution in [0, 0.1) is 0 Å². The molecule has 1 heterocycles. The molecule has 0 saturated carbocycles. The molecule has 0 fully saturated rings. The number of hydrogen-bond acceptors (Lipinski definition) is 4. The number of rotatable bonds is 7. The maximum Gasteiger partial charge on any atom is 0.219 e. The van der Waals surface area contributed by atoms with Gasteiger partial charge in [0, 0.05) is 32.1 Å². The maximum atomic E-state index is 11.0. The molecule has 0 spiro atoms.